The zero-order valence-electron chi connectivity index (χ0n) is 24.9. The molecule has 0 aromatic heterocycles. The topological polar surface area (TPSA) is 9.23 Å². The zero-order chi connectivity index (χ0) is 25.2. The minimum atomic E-state index is -1.59. The number of rotatable bonds is 22. The van der Waals surface area contributed by atoms with Crippen molar-refractivity contribution in [3.63, 3.8) is 0 Å². The van der Waals surface area contributed by atoms with Crippen LogP contribution < -0.4 is 0 Å². The Morgan fingerprint density at radius 1 is 0.500 bits per heavy atom. The molecule has 1 aliphatic heterocycles. The van der Waals surface area contributed by atoms with Gasteiger partial charge in [-0.25, -0.2) is 0 Å². The Morgan fingerprint density at radius 3 is 1.24 bits per heavy atom. The van der Waals surface area contributed by atoms with E-state index in [4.69, 9.17) is 4.43 Å². The fourth-order valence-corrected chi connectivity index (χ4v) is 26.2. The summed E-state index contributed by atoms with van der Waals surface area (Å²) in [5.41, 5.74) is 0.253. The molecule has 0 N–H and O–H groups in total. The van der Waals surface area contributed by atoms with Gasteiger partial charge in [-0.3, -0.25) is 0 Å². The highest BCUT2D eigenvalue weighted by molar-refractivity contribution is 7.40. The molecule has 0 radical (unpaired) electrons. The SMILES string of the molecule is CCCCCCCCCCC1(CCCCCCCCCC)CC[Si](CC)(CC)[Si](CC)(CC)O1. The lowest BCUT2D eigenvalue weighted by Crippen LogP contribution is -2.70. The molecule has 1 rings (SSSR count). The summed E-state index contributed by atoms with van der Waals surface area (Å²) >= 11 is 0. The second-order valence-corrected chi connectivity index (χ2v) is 25.9. The molecule has 0 spiro atoms. The molecule has 204 valence electrons. The van der Waals surface area contributed by atoms with Gasteiger partial charge in [-0.2, -0.15) is 0 Å². The van der Waals surface area contributed by atoms with E-state index < -0.39 is 15.4 Å². The molecule has 0 aliphatic carbocycles. The van der Waals surface area contributed by atoms with E-state index in [1.165, 1.54) is 146 Å². The Kier molecular flexibility index (Phi) is 17.7. The van der Waals surface area contributed by atoms with Crippen molar-refractivity contribution in [2.45, 2.75) is 199 Å². The van der Waals surface area contributed by atoms with Crippen LogP contribution in [-0.2, 0) is 4.43 Å². The van der Waals surface area contributed by atoms with Crippen molar-refractivity contribution in [3.8, 4) is 0 Å². The third-order valence-electron chi connectivity index (χ3n) is 9.91. The van der Waals surface area contributed by atoms with Gasteiger partial charge in [0.25, 0.3) is 0 Å². The average Bonchev–Trinajstić information content (AvgIpc) is 2.87. The number of hydrogen-bond donors (Lipinski definition) is 0. The van der Waals surface area contributed by atoms with E-state index in [-0.39, 0.29) is 5.60 Å². The van der Waals surface area contributed by atoms with Gasteiger partial charge >= 0.3 is 0 Å². The van der Waals surface area contributed by atoms with Gasteiger partial charge in [0, 0.05) is 0 Å². The van der Waals surface area contributed by atoms with Gasteiger partial charge in [-0.05, 0) is 31.4 Å². The number of unbranched alkanes of at least 4 members (excludes halogenated alkanes) is 14. The molecule has 0 unspecified atom stereocenters. The normalized spacial score (nSPS) is 18.9. The first kappa shape index (κ1) is 32.4. The monoisotopic (exact) mass is 510 g/mol. The highest BCUT2D eigenvalue weighted by atomic mass is 29.3. The highest BCUT2D eigenvalue weighted by Gasteiger charge is 2.58. The van der Waals surface area contributed by atoms with E-state index in [1.54, 1.807) is 6.04 Å². The van der Waals surface area contributed by atoms with Crippen LogP contribution in [0.5, 0.6) is 0 Å². The Hall–Kier alpha value is 0.394. The fraction of sp³-hybridized carbons (Fsp3) is 1.00. The summed E-state index contributed by atoms with van der Waals surface area (Å²) < 4.78 is 7.68. The third-order valence-corrected chi connectivity index (χ3v) is 30.0. The predicted octanol–water partition coefficient (Wildman–Crippen LogP) is 11.8. The predicted molar refractivity (Wildman–Crippen MR) is 161 cm³/mol. The maximum atomic E-state index is 7.68. The summed E-state index contributed by atoms with van der Waals surface area (Å²) in [5, 5.41) is 0. The zero-order valence-corrected chi connectivity index (χ0v) is 26.9. The molecule has 1 aliphatic rings. The smallest absolute Gasteiger partial charge is 0.180 e. The van der Waals surface area contributed by atoms with Gasteiger partial charge < -0.3 is 4.43 Å². The van der Waals surface area contributed by atoms with Gasteiger partial charge in [0.2, 0.25) is 0 Å². The van der Waals surface area contributed by atoms with E-state index in [0.717, 1.165) is 0 Å². The lowest BCUT2D eigenvalue weighted by atomic mass is 9.87. The van der Waals surface area contributed by atoms with Gasteiger partial charge in [0.15, 0.2) is 7.83 Å². The molecule has 1 heterocycles. The Morgan fingerprint density at radius 2 is 0.882 bits per heavy atom. The molecule has 1 nitrogen and oxygen atoms in total. The van der Waals surface area contributed by atoms with Crippen LogP contribution >= 0.6 is 0 Å². The lowest BCUT2D eigenvalue weighted by molar-refractivity contribution is 0.0268. The molecular formula is C31H66OSi2. The molecule has 0 saturated carbocycles. The van der Waals surface area contributed by atoms with Crippen LogP contribution in [0, 0.1) is 0 Å². The Bertz CT molecular complexity index is 450. The quantitative estimate of drug-likeness (QED) is 0.104. The standard InChI is InChI=1S/C31H66OSi2/c1-7-13-15-17-19-21-23-25-27-31(28-26-24-22-20-18-16-14-8-2)29-30-33(9-3,10-4)34(11-5,12-6)32-31/h7-30H2,1-6H3. The molecular weight excluding hydrogens is 445 g/mol. The van der Waals surface area contributed by atoms with Crippen molar-refractivity contribution < 1.29 is 4.43 Å². The molecule has 0 aromatic rings. The maximum absolute atomic E-state index is 7.68. The first-order chi connectivity index (χ1) is 16.5. The van der Waals surface area contributed by atoms with Crippen molar-refractivity contribution in [2.24, 2.45) is 0 Å². The summed E-state index contributed by atoms with van der Waals surface area (Å²) in [6.07, 6.45) is 27.0. The summed E-state index contributed by atoms with van der Waals surface area (Å²) in [6.45, 7) is 14.7. The molecule has 1 saturated heterocycles. The summed E-state index contributed by atoms with van der Waals surface area (Å²) in [6, 6.07) is 7.30. The van der Waals surface area contributed by atoms with Crippen LogP contribution in [0.25, 0.3) is 0 Å². The first-order valence-electron chi connectivity index (χ1n) is 16.2. The summed E-state index contributed by atoms with van der Waals surface area (Å²) in [4.78, 5) is 0. The van der Waals surface area contributed by atoms with Crippen LogP contribution in [0.4, 0.5) is 0 Å². The maximum Gasteiger partial charge on any atom is 0.180 e. The molecule has 3 heteroatoms. The van der Waals surface area contributed by atoms with Crippen LogP contribution in [-0.4, -0.2) is 21.0 Å². The molecule has 0 atom stereocenters. The summed E-state index contributed by atoms with van der Waals surface area (Å²) in [7, 11) is -2.82. The van der Waals surface area contributed by atoms with Crippen LogP contribution in [0.3, 0.4) is 0 Å². The largest absolute Gasteiger partial charge is 0.414 e. The Balaban J connectivity index is 2.70. The summed E-state index contributed by atoms with van der Waals surface area (Å²) in [5.74, 6) is 0. The molecule has 0 bridgehead atoms. The van der Waals surface area contributed by atoms with Crippen LogP contribution in [0.1, 0.15) is 164 Å². The van der Waals surface area contributed by atoms with Gasteiger partial charge in [-0.1, -0.05) is 162 Å². The van der Waals surface area contributed by atoms with Crippen molar-refractivity contribution in [1.29, 1.82) is 0 Å². The molecule has 0 aromatic carbocycles. The van der Waals surface area contributed by atoms with Gasteiger partial charge in [0.1, 0.15) is 0 Å². The first-order valence-corrected chi connectivity index (χ1v) is 22.2. The fourth-order valence-electron chi connectivity index (χ4n) is 7.30. The minimum absolute atomic E-state index is 0.253. The number of hydrogen-bond acceptors (Lipinski definition) is 1. The second kappa shape index (κ2) is 18.6. The van der Waals surface area contributed by atoms with Crippen molar-refractivity contribution in [2.75, 3.05) is 0 Å². The third kappa shape index (κ3) is 10.0. The Labute approximate surface area is 218 Å². The van der Waals surface area contributed by atoms with Crippen molar-refractivity contribution >= 4 is 15.4 Å². The van der Waals surface area contributed by atoms with E-state index >= 15 is 0 Å². The van der Waals surface area contributed by atoms with Crippen molar-refractivity contribution in [3.05, 3.63) is 0 Å². The van der Waals surface area contributed by atoms with E-state index in [9.17, 15) is 0 Å². The van der Waals surface area contributed by atoms with E-state index in [1.807, 2.05) is 0 Å². The van der Waals surface area contributed by atoms with E-state index in [0.29, 0.717) is 0 Å². The van der Waals surface area contributed by atoms with Crippen molar-refractivity contribution in [1.82, 2.24) is 0 Å². The molecule has 0 amide bonds. The lowest BCUT2D eigenvalue weighted by Gasteiger charge is -2.57. The second-order valence-electron chi connectivity index (χ2n) is 11.9. The van der Waals surface area contributed by atoms with E-state index in [2.05, 4.69) is 41.5 Å². The van der Waals surface area contributed by atoms with Gasteiger partial charge in [-0.15, -0.1) is 0 Å². The molecule has 1 fully saturated rings. The van der Waals surface area contributed by atoms with Crippen LogP contribution in [0.2, 0.25) is 30.2 Å². The van der Waals surface area contributed by atoms with Crippen LogP contribution in [0.15, 0.2) is 0 Å². The molecule has 34 heavy (non-hydrogen) atoms. The minimum Gasteiger partial charge on any atom is -0.414 e. The highest BCUT2D eigenvalue weighted by Crippen LogP contribution is 2.50. The van der Waals surface area contributed by atoms with Gasteiger partial charge in [0.05, 0.1) is 13.2 Å². The average molecular weight is 511 g/mol.